The van der Waals surface area contributed by atoms with Crippen LogP contribution in [0.1, 0.15) is 20.8 Å². The highest BCUT2D eigenvalue weighted by Crippen LogP contribution is 2.08. The third kappa shape index (κ3) is 4.91. The van der Waals surface area contributed by atoms with Crippen LogP contribution in [-0.2, 0) is 9.47 Å². The summed E-state index contributed by atoms with van der Waals surface area (Å²) in [6.07, 6.45) is 1.88. The van der Waals surface area contributed by atoms with Crippen molar-refractivity contribution in [1.82, 2.24) is 0 Å². The van der Waals surface area contributed by atoms with Gasteiger partial charge in [0.05, 0.1) is 0 Å². The van der Waals surface area contributed by atoms with Crippen LogP contribution in [0, 0.1) is 0 Å². The lowest BCUT2D eigenvalue weighted by atomic mass is 10.3. The summed E-state index contributed by atoms with van der Waals surface area (Å²) >= 11 is 3.33. The quantitative estimate of drug-likeness (QED) is 0.401. The molecule has 3 heteroatoms. The summed E-state index contributed by atoms with van der Waals surface area (Å²) in [5, 5.41) is 0.843. The van der Waals surface area contributed by atoms with Crippen LogP contribution in [-0.4, -0.2) is 24.8 Å². The maximum atomic E-state index is 5.39. The van der Waals surface area contributed by atoms with Crippen molar-refractivity contribution in [2.24, 2.45) is 0 Å². The van der Waals surface area contributed by atoms with E-state index in [1.807, 2.05) is 20.8 Å². The van der Waals surface area contributed by atoms with Gasteiger partial charge in [0.15, 0.2) is 6.29 Å². The van der Waals surface area contributed by atoms with E-state index in [-0.39, 0.29) is 6.29 Å². The van der Waals surface area contributed by atoms with Crippen molar-refractivity contribution < 1.29 is 9.47 Å². The van der Waals surface area contributed by atoms with Crippen LogP contribution in [0.5, 0.6) is 0 Å². The van der Waals surface area contributed by atoms with Gasteiger partial charge in [0.25, 0.3) is 0 Å². The molecule has 0 spiro atoms. The molecule has 0 aliphatic carbocycles. The van der Waals surface area contributed by atoms with Crippen molar-refractivity contribution >= 4 is 15.9 Å². The Morgan fingerprint density at radius 3 is 2.17 bits per heavy atom. The molecule has 0 rings (SSSR count). The molecule has 0 amide bonds. The highest BCUT2D eigenvalue weighted by Gasteiger charge is 2.08. The predicted molar refractivity (Wildman–Crippen MR) is 54.6 cm³/mol. The van der Waals surface area contributed by atoms with Gasteiger partial charge in [-0.15, -0.1) is 0 Å². The zero-order valence-corrected chi connectivity index (χ0v) is 9.56. The molecule has 0 fully saturated rings. The summed E-state index contributed by atoms with van der Waals surface area (Å²) in [4.78, 5) is 0. The Balaban J connectivity index is 3.98. The van der Waals surface area contributed by atoms with Gasteiger partial charge in [-0.3, -0.25) is 0 Å². The number of allylic oxidation sites excluding steroid dienone is 1. The van der Waals surface area contributed by atoms with Crippen LogP contribution in [0.4, 0.5) is 0 Å². The number of hydrogen-bond acceptors (Lipinski definition) is 2. The normalized spacial score (nSPS) is 12.6. The first-order chi connectivity index (χ1) is 5.76. The molecular formula is C9H17BrO2. The zero-order valence-electron chi connectivity index (χ0n) is 7.97. The summed E-state index contributed by atoms with van der Waals surface area (Å²) < 4.78 is 10.8. The van der Waals surface area contributed by atoms with E-state index in [0.717, 1.165) is 10.9 Å². The third-order valence-corrected chi connectivity index (χ3v) is 1.73. The van der Waals surface area contributed by atoms with Crippen molar-refractivity contribution in [2.45, 2.75) is 27.1 Å². The van der Waals surface area contributed by atoms with E-state index in [0.29, 0.717) is 13.2 Å². The summed E-state index contributed by atoms with van der Waals surface area (Å²) in [7, 11) is 0. The maximum Gasteiger partial charge on any atom is 0.179 e. The molecule has 72 valence electrons. The molecule has 0 aromatic carbocycles. The molecule has 0 N–H and O–H groups in total. The van der Waals surface area contributed by atoms with Gasteiger partial charge in [-0.1, -0.05) is 22.0 Å². The molecule has 0 aromatic rings. The lowest BCUT2D eigenvalue weighted by Gasteiger charge is -2.17. The molecule has 0 saturated carbocycles. The standard InChI is InChI=1S/C9H17BrO2/c1-4-11-9(12-5-2)8(3)6-7-10/h6,9H,4-5,7H2,1-3H3. The molecule has 2 nitrogen and oxygen atoms in total. The van der Waals surface area contributed by atoms with E-state index >= 15 is 0 Å². The van der Waals surface area contributed by atoms with E-state index in [1.165, 1.54) is 0 Å². The third-order valence-electron chi connectivity index (χ3n) is 1.41. The molecule has 0 aliphatic rings. The molecule has 0 bridgehead atoms. The van der Waals surface area contributed by atoms with Crippen LogP contribution in [0.3, 0.4) is 0 Å². The first kappa shape index (κ1) is 12.1. The van der Waals surface area contributed by atoms with Gasteiger partial charge in [0.1, 0.15) is 0 Å². The zero-order chi connectivity index (χ0) is 9.40. The molecule has 0 atom stereocenters. The van der Waals surface area contributed by atoms with Crippen molar-refractivity contribution in [1.29, 1.82) is 0 Å². The van der Waals surface area contributed by atoms with E-state index in [2.05, 4.69) is 22.0 Å². The van der Waals surface area contributed by atoms with Gasteiger partial charge in [0.2, 0.25) is 0 Å². The predicted octanol–water partition coefficient (Wildman–Crippen LogP) is 2.73. The fourth-order valence-electron chi connectivity index (χ4n) is 0.832. The minimum Gasteiger partial charge on any atom is -0.349 e. The monoisotopic (exact) mass is 236 g/mol. The fraction of sp³-hybridized carbons (Fsp3) is 0.778. The number of halogens is 1. The largest absolute Gasteiger partial charge is 0.349 e. The van der Waals surface area contributed by atoms with Gasteiger partial charge in [-0.05, 0) is 26.3 Å². The number of hydrogen-bond donors (Lipinski definition) is 0. The second kappa shape index (κ2) is 7.77. The van der Waals surface area contributed by atoms with Gasteiger partial charge in [0, 0.05) is 18.5 Å². The summed E-state index contributed by atoms with van der Waals surface area (Å²) in [6.45, 7) is 7.30. The first-order valence-corrected chi connectivity index (χ1v) is 5.34. The Bertz CT molecular complexity index is 128. The smallest absolute Gasteiger partial charge is 0.179 e. The fourth-order valence-corrected chi connectivity index (χ4v) is 1.34. The van der Waals surface area contributed by atoms with E-state index in [1.54, 1.807) is 0 Å². The lowest BCUT2D eigenvalue weighted by Crippen LogP contribution is -2.18. The van der Waals surface area contributed by atoms with E-state index in [4.69, 9.17) is 9.47 Å². The highest BCUT2D eigenvalue weighted by atomic mass is 79.9. The van der Waals surface area contributed by atoms with Crippen molar-refractivity contribution in [2.75, 3.05) is 18.5 Å². The second-order valence-corrected chi connectivity index (χ2v) is 2.99. The lowest BCUT2D eigenvalue weighted by molar-refractivity contribution is -0.111. The molecule has 0 aromatic heterocycles. The summed E-state index contributed by atoms with van der Waals surface area (Å²) in [5.41, 5.74) is 1.12. The maximum absolute atomic E-state index is 5.39. The number of ether oxygens (including phenoxy) is 2. The van der Waals surface area contributed by atoms with Crippen molar-refractivity contribution in [3.63, 3.8) is 0 Å². The van der Waals surface area contributed by atoms with Crippen LogP contribution in [0.2, 0.25) is 0 Å². The van der Waals surface area contributed by atoms with Crippen LogP contribution in [0.25, 0.3) is 0 Å². The highest BCUT2D eigenvalue weighted by molar-refractivity contribution is 9.09. The van der Waals surface area contributed by atoms with Crippen LogP contribution in [0.15, 0.2) is 11.6 Å². The Morgan fingerprint density at radius 2 is 1.83 bits per heavy atom. The van der Waals surface area contributed by atoms with Gasteiger partial charge < -0.3 is 9.47 Å². The summed E-state index contributed by atoms with van der Waals surface area (Å²) in [6, 6.07) is 0. The average Bonchev–Trinajstić information content (AvgIpc) is 2.04. The molecule has 0 unspecified atom stereocenters. The van der Waals surface area contributed by atoms with Gasteiger partial charge in [-0.25, -0.2) is 0 Å². The molecule has 0 aliphatic heterocycles. The van der Waals surface area contributed by atoms with Crippen LogP contribution < -0.4 is 0 Å². The molecule has 0 radical (unpaired) electrons. The molecule has 0 saturated heterocycles. The summed E-state index contributed by atoms with van der Waals surface area (Å²) in [5.74, 6) is 0. The van der Waals surface area contributed by atoms with Crippen molar-refractivity contribution in [3.05, 3.63) is 11.6 Å². The van der Waals surface area contributed by atoms with Crippen molar-refractivity contribution in [3.8, 4) is 0 Å². The Morgan fingerprint density at radius 1 is 1.33 bits per heavy atom. The molecule has 12 heavy (non-hydrogen) atoms. The minimum absolute atomic E-state index is 0.169. The Labute approximate surface area is 83.1 Å². The Kier molecular flexibility index (Phi) is 7.86. The average molecular weight is 237 g/mol. The van der Waals surface area contributed by atoms with E-state index < -0.39 is 0 Å². The number of alkyl halides is 1. The molecular weight excluding hydrogens is 220 g/mol. The van der Waals surface area contributed by atoms with Crippen LogP contribution >= 0.6 is 15.9 Å². The first-order valence-electron chi connectivity index (χ1n) is 4.22. The number of rotatable bonds is 6. The van der Waals surface area contributed by atoms with Gasteiger partial charge in [-0.2, -0.15) is 0 Å². The minimum atomic E-state index is -0.169. The second-order valence-electron chi connectivity index (χ2n) is 2.35. The Hall–Kier alpha value is 0.140. The van der Waals surface area contributed by atoms with Gasteiger partial charge >= 0.3 is 0 Å². The van der Waals surface area contributed by atoms with E-state index in [9.17, 15) is 0 Å². The molecule has 0 heterocycles. The SMILES string of the molecule is CCOC(OCC)C(C)=CCBr. The topological polar surface area (TPSA) is 18.5 Å².